The first-order chi connectivity index (χ1) is 6.06. The van der Waals surface area contributed by atoms with Crippen molar-refractivity contribution < 1.29 is 18.6 Å². The van der Waals surface area contributed by atoms with Crippen molar-refractivity contribution in [2.75, 3.05) is 7.11 Å². The Morgan fingerprint density at radius 1 is 1.46 bits per heavy atom. The number of phenolic OH excluding ortho intramolecular Hbond substituents is 1. The summed E-state index contributed by atoms with van der Waals surface area (Å²) in [6.45, 7) is 0. The van der Waals surface area contributed by atoms with E-state index < -0.39 is 17.7 Å². The van der Waals surface area contributed by atoms with Gasteiger partial charge in [0.2, 0.25) is 0 Å². The van der Waals surface area contributed by atoms with Crippen LogP contribution >= 0.6 is 15.9 Å². The van der Waals surface area contributed by atoms with Crippen molar-refractivity contribution in [2.45, 2.75) is 6.43 Å². The normalized spacial score (nSPS) is 10.5. The number of benzene rings is 1. The van der Waals surface area contributed by atoms with Crippen LogP contribution in [0.3, 0.4) is 0 Å². The minimum atomic E-state index is -2.72. The molecule has 5 heteroatoms. The summed E-state index contributed by atoms with van der Waals surface area (Å²) >= 11 is 3.03. The van der Waals surface area contributed by atoms with Crippen molar-refractivity contribution >= 4 is 15.9 Å². The van der Waals surface area contributed by atoms with E-state index in [9.17, 15) is 13.9 Å². The van der Waals surface area contributed by atoms with Gasteiger partial charge in [-0.3, -0.25) is 0 Å². The predicted octanol–water partition coefficient (Wildman–Crippen LogP) is 3.10. The zero-order chi connectivity index (χ0) is 10.0. The molecule has 0 heterocycles. The number of phenols is 1. The van der Waals surface area contributed by atoms with E-state index in [4.69, 9.17) is 4.74 Å². The molecule has 72 valence electrons. The van der Waals surface area contributed by atoms with Crippen LogP contribution in [0.25, 0.3) is 0 Å². The largest absolute Gasteiger partial charge is 0.504 e. The number of hydrogen-bond acceptors (Lipinski definition) is 2. The molecular weight excluding hydrogens is 246 g/mol. The summed E-state index contributed by atoms with van der Waals surface area (Å²) in [6, 6.07) is 2.57. The molecule has 0 aliphatic rings. The maximum atomic E-state index is 12.3. The van der Waals surface area contributed by atoms with Crippen LogP contribution in [-0.2, 0) is 0 Å². The lowest BCUT2D eigenvalue weighted by Gasteiger charge is -2.08. The Bertz CT molecular complexity index is 315. The summed E-state index contributed by atoms with van der Waals surface area (Å²) in [5.74, 6) is -0.481. The number of rotatable bonds is 2. The molecule has 1 N–H and O–H groups in total. The van der Waals surface area contributed by atoms with Crippen molar-refractivity contribution in [1.29, 1.82) is 0 Å². The molecule has 1 aromatic carbocycles. The van der Waals surface area contributed by atoms with Gasteiger partial charge in [-0.1, -0.05) is 15.9 Å². The van der Waals surface area contributed by atoms with E-state index in [0.29, 0.717) is 4.47 Å². The van der Waals surface area contributed by atoms with Crippen LogP contribution in [0, 0.1) is 0 Å². The van der Waals surface area contributed by atoms with E-state index in [1.807, 2.05) is 0 Å². The molecule has 0 fully saturated rings. The second kappa shape index (κ2) is 3.91. The van der Waals surface area contributed by atoms with Gasteiger partial charge in [0.25, 0.3) is 6.43 Å². The lowest BCUT2D eigenvalue weighted by Crippen LogP contribution is -1.90. The highest BCUT2D eigenvalue weighted by molar-refractivity contribution is 9.10. The smallest absolute Gasteiger partial charge is 0.267 e. The molecule has 0 aromatic heterocycles. The van der Waals surface area contributed by atoms with E-state index in [2.05, 4.69) is 15.9 Å². The molecule has 0 aliphatic heterocycles. The van der Waals surface area contributed by atoms with Gasteiger partial charge in [-0.05, 0) is 12.1 Å². The molecule has 0 unspecified atom stereocenters. The van der Waals surface area contributed by atoms with Gasteiger partial charge in [-0.2, -0.15) is 0 Å². The molecule has 0 saturated heterocycles. The third kappa shape index (κ3) is 2.09. The minimum absolute atomic E-state index is 0.0321. The second-order valence-electron chi connectivity index (χ2n) is 2.35. The van der Waals surface area contributed by atoms with Crippen LogP contribution in [0.1, 0.15) is 12.0 Å². The molecule has 0 amide bonds. The zero-order valence-electron chi connectivity index (χ0n) is 6.72. The lowest BCUT2D eigenvalue weighted by atomic mass is 10.2. The lowest BCUT2D eigenvalue weighted by molar-refractivity contribution is 0.146. The van der Waals surface area contributed by atoms with Gasteiger partial charge in [0, 0.05) is 4.47 Å². The van der Waals surface area contributed by atoms with Crippen molar-refractivity contribution in [1.82, 2.24) is 0 Å². The average molecular weight is 253 g/mol. The first-order valence-electron chi connectivity index (χ1n) is 3.40. The maximum Gasteiger partial charge on any atom is 0.267 e. The van der Waals surface area contributed by atoms with E-state index in [1.165, 1.54) is 13.2 Å². The zero-order valence-corrected chi connectivity index (χ0v) is 8.31. The fourth-order valence-corrected chi connectivity index (χ4v) is 1.37. The van der Waals surface area contributed by atoms with Gasteiger partial charge < -0.3 is 9.84 Å². The average Bonchev–Trinajstić information content (AvgIpc) is 2.08. The third-order valence-electron chi connectivity index (χ3n) is 1.52. The summed E-state index contributed by atoms with van der Waals surface area (Å²) in [7, 11) is 1.30. The first kappa shape index (κ1) is 10.2. The molecular formula is C8H7BrF2O2. The Kier molecular flexibility index (Phi) is 3.08. The molecule has 0 radical (unpaired) electrons. The van der Waals surface area contributed by atoms with Crippen molar-refractivity contribution in [3.8, 4) is 11.5 Å². The number of aromatic hydroxyl groups is 1. The molecule has 1 aromatic rings. The van der Waals surface area contributed by atoms with Crippen LogP contribution in [0.15, 0.2) is 16.6 Å². The summed E-state index contributed by atoms with van der Waals surface area (Å²) in [5, 5.41) is 9.26. The number of methoxy groups -OCH3 is 1. The summed E-state index contributed by atoms with van der Waals surface area (Å²) in [6.07, 6.45) is -2.72. The van der Waals surface area contributed by atoms with Crippen LogP contribution in [-0.4, -0.2) is 12.2 Å². The van der Waals surface area contributed by atoms with Crippen molar-refractivity contribution in [2.24, 2.45) is 0 Å². The predicted molar refractivity (Wildman–Crippen MR) is 47.3 cm³/mol. The number of ether oxygens (including phenoxy) is 1. The number of halogens is 3. The molecule has 0 aliphatic carbocycles. The number of alkyl halides is 2. The van der Waals surface area contributed by atoms with E-state index >= 15 is 0 Å². The Morgan fingerprint density at radius 3 is 2.54 bits per heavy atom. The summed E-state index contributed by atoms with van der Waals surface area (Å²) in [4.78, 5) is 0. The van der Waals surface area contributed by atoms with Gasteiger partial charge in [0.1, 0.15) is 0 Å². The Labute approximate surface area is 82.3 Å². The quantitative estimate of drug-likeness (QED) is 0.877. The molecule has 0 bridgehead atoms. The van der Waals surface area contributed by atoms with Crippen LogP contribution < -0.4 is 4.74 Å². The molecule has 1 rings (SSSR count). The standard InChI is InChI=1S/C8H7BrF2O2/c1-13-6-3-4(9)2-5(7(6)12)8(10)11/h2-3,8,12H,1H3. The highest BCUT2D eigenvalue weighted by Gasteiger charge is 2.17. The van der Waals surface area contributed by atoms with Gasteiger partial charge in [-0.15, -0.1) is 0 Å². The third-order valence-corrected chi connectivity index (χ3v) is 1.98. The molecule has 0 saturated carbocycles. The van der Waals surface area contributed by atoms with E-state index in [1.54, 1.807) is 0 Å². The van der Waals surface area contributed by atoms with Gasteiger partial charge in [-0.25, -0.2) is 8.78 Å². The van der Waals surface area contributed by atoms with E-state index in [0.717, 1.165) is 6.07 Å². The van der Waals surface area contributed by atoms with Crippen molar-refractivity contribution in [3.63, 3.8) is 0 Å². The summed E-state index contributed by atoms with van der Waals surface area (Å²) in [5.41, 5.74) is -0.439. The Morgan fingerprint density at radius 2 is 2.08 bits per heavy atom. The first-order valence-corrected chi connectivity index (χ1v) is 4.20. The van der Waals surface area contributed by atoms with Crippen LogP contribution in [0.4, 0.5) is 8.78 Å². The maximum absolute atomic E-state index is 12.3. The Hall–Kier alpha value is -0.840. The van der Waals surface area contributed by atoms with Crippen molar-refractivity contribution in [3.05, 3.63) is 22.2 Å². The molecule has 0 spiro atoms. The Balaban J connectivity index is 3.27. The van der Waals surface area contributed by atoms with Crippen LogP contribution in [0.5, 0.6) is 11.5 Å². The monoisotopic (exact) mass is 252 g/mol. The minimum Gasteiger partial charge on any atom is -0.504 e. The van der Waals surface area contributed by atoms with Gasteiger partial charge >= 0.3 is 0 Å². The highest BCUT2D eigenvalue weighted by Crippen LogP contribution is 2.38. The molecule has 13 heavy (non-hydrogen) atoms. The van der Waals surface area contributed by atoms with Crippen LogP contribution in [0.2, 0.25) is 0 Å². The SMILES string of the molecule is COc1cc(Br)cc(C(F)F)c1O. The fraction of sp³-hybridized carbons (Fsp3) is 0.250. The van der Waals surface area contributed by atoms with E-state index in [-0.39, 0.29) is 5.75 Å². The van der Waals surface area contributed by atoms with Gasteiger partial charge in [0.15, 0.2) is 11.5 Å². The van der Waals surface area contributed by atoms with Gasteiger partial charge in [0.05, 0.1) is 12.7 Å². The molecule has 0 atom stereocenters. The highest BCUT2D eigenvalue weighted by atomic mass is 79.9. The number of hydrogen-bond donors (Lipinski definition) is 1. The fourth-order valence-electron chi connectivity index (χ4n) is 0.916. The second-order valence-corrected chi connectivity index (χ2v) is 3.26. The summed E-state index contributed by atoms with van der Waals surface area (Å²) < 4.78 is 29.7. The molecule has 2 nitrogen and oxygen atoms in total. The topological polar surface area (TPSA) is 29.5 Å².